The number of nitrogens with one attached hydrogen (secondary N) is 3. The number of carboxylic acid groups (broad SMARTS) is 1. The van der Waals surface area contributed by atoms with Gasteiger partial charge in [0.2, 0.25) is 11.8 Å². The SMILES string of the molecule is CCC(NC(=O)COCC(=O)NCC(C)(C)SN=O)(C(=O)O)c1ccccc1Nc1c(Cl)cccc1Cl. The number of para-hydroxylation sites is 2. The van der Waals surface area contributed by atoms with Gasteiger partial charge in [-0.25, -0.2) is 4.79 Å². The summed E-state index contributed by atoms with van der Waals surface area (Å²) in [5, 5.41) is 19.1. The van der Waals surface area contributed by atoms with Crippen molar-refractivity contribution in [1.29, 1.82) is 0 Å². The highest BCUT2D eigenvalue weighted by atomic mass is 35.5. The Balaban J connectivity index is 2.15. The monoisotopic (exact) mass is 570 g/mol. The highest BCUT2D eigenvalue weighted by Gasteiger charge is 2.42. The lowest BCUT2D eigenvalue weighted by Crippen LogP contribution is -2.53. The highest BCUT2D eigenvalue weighted by molar-refractivity contribution is 7.99. The number of hydrogen-bond donors (Lipinski definition) is 4. The van der Waals surface area contributed by atoms with Crippen LogP contribution >= 0.6 is 35.1 Å². The van der Waals surface area contributed by atoms with Crippen LogP contribution in [-0.4, -0.2) is 47.4 Å². The molecule has 0 aromatic heterocycles. The van der Waals surface area contributed by atoms with Crippen LogP contribution in [0.5, 0.6) is 0 Å². The van der Waals surface area contributed by atoms with Crippen molar-refractivity contribution in [1.82, 2.24) is 10.6 Å². The molecule has 4 N–H and O–H groups in total. The van der Waals surface area contributed by atoms with Crippen molar-refractivity contribution in [3.8, 4) is 0 Å². The largest absolute Gasteiger partial charge is 0.479 e. The number of halogens is 2. The zero-order valence-corrected chi connectivity index (χ0v) is 22.8. The topological polar surface area (TPSA) is 146 Å². The van der Waals surface area contributed by atoms with Crippen LogP contribution in [0.3, 0.4) is 0 Å². The second kappa shape index (κ2) is 13.6. The molecule has 2 aromatic carbocycles. The first-order valence-electron chi connectivity index (χ1n) is 11.2. The fourth-order valence-corrected chi connectivity index (χ4v) is 4.22. The average Bonchev–Trinajstić information content (AvgIpc) is 2.84. The molecule has 0 saturated carbocycles. The van der Waals surface area contributed by atoms with E-state index in [0.717, 1.165) is 11.9 Å². The van der Waals surface area contributed by atoms with Crippen LogP contribution in [0.15, 0.2) is 47.0 Å². The summed E-state index contributed by atoms with van der Waals surface area (Å²) < 4.78 is 7.34. The van der Waals surface area contributed by atoms with Gasteiger partial charge in [0.05, 0.1) is 20.5 Å². The third kappa shape index (κ3) is 8.32. The van der Waals surface area contributed by atoms with E-state index in [9.17, 15) is 24.4 Å². The maximum absolute atomic E-state index is 12.7. The first-order valence-corrected chi connectivity index (χ1v) is 12.7. The van der Waals surface area contributed by atoms with Gasteiger partial charge in [-0.1, -0.05) is 54.4 Å². The van der Waals surface area contributed by atoms with Crippen LogP contribution in [0.1, 0.15) is 32.8 Å². The molecular formula is C24H28Cl2N4O6S. The number of hydrogen-bond acceptors (Lipinski definition) is 8. The van der Waals surface area contributed by atoms with Gasteiger partial charge in [-0.3, -0.25) is 9.59 Å². The molecule has 0 heterocycles. The molecule has 0 fully saturated rings. The molecule has 0 bridgehead atoms. The van der Waals surface area contributed by atoms with E-state index in [1.807, 2.05) is 0 Å². The maximum atomic E-state index is 12.7. The van der Waals surface area contributed by atoms with Crippen molar-refractivity contribution in [2.75, 3.05) is 25.1 Å². The predicted octanol–water partition coefficient (Wildman–Crippen LogP) is 4.87. The number of amides is 2. The minimum Gasteiger partial charge on any atom is -0.479 e. The molecule has 2 rings (SSSR count). The Morgan fingerprint density at radius 1 is 1.03 bits per heavy atom. The summed E-state index contributed by atoms with van der Waals surface area (Å²) in [6.45, 7) is 4.26. The van der Waals surface area contributed by atoms with Gasteiger partial charge in [-0.15, -0.1) is 4.91 Å². The molecule has 0 saturated heterocycles. The first kappa shape index (κ1) is 30.4. The lowest BCUT2D eigenvalue weighted by Gasteiger charge is -2.32. The molecule has 200 valence electrons. The second-order valence-electron chi connectivity index (χ2n) is 8.57. The molecule has 0 radical (unpaired) electrons. The summed E-state index contributed by atoms with van der Waals surface area (Å²) in [6.07, 6.45) is 0.00102. The number of carboxylic acids is 1. The quantitative estimate of drug-likeness (QED) is 0.186. The molecule has 13 heteroatoms. The van der Waals surface area contributed by atoms with E-state index in [2.05, 4.69) is 20.5 Å². The van der Waals surface area contributed by atoms with Gasteiger partial charge in [0.15, 0.2) is 5.54 Å². The number of ether oxygens (including phenoxy) is 1. The fourth-order valence-electron chi connectivity index (χ4n) is 3.39. The summed E-state index contributed by atoms with van der Waals surface area (Å²) in [5.41, 5.74) is -0.772. The van der Waals surface area contributed by atoms with E-state index in [4.69, 9.17) is 27.9 Å². The minimum absolute atomic E-state index is 0.00102. The van der Waals surface area contributed by atoms with Gasteiger partial charge in [-0.2, -0.15) is 0 Å². The van der Waals surface area contributed by atoms with Crippen molar-refractivity contribution in [2.24, 2.45) is 4.58 Å². The van der Waals surface area contributed by atoms with Crippen molar-refractivity contribution in [3.05, 3.63) is 63.0 Å². The third-order valence-electron chi connectivity index (χ3n) is 5.32. The Kier molecular flexibility index (Phi) is 11.2. The van der Waals surface area contributed by atoms with Crippen LogP contribution < -0.4 is 16.0 Å². The smallest absolute Gasteiger partial charge is 0.334 e. The summed E-state index contributed by atoms with van der Waals surface area (Å²) in [7, 11) is 0. The Morgan fingerprint density at radius 2 is 1.65 bits per heavy atom. The van der Waals surface area contributed by atoms with Gasteiger partial charge in [0.25, 0.3) is 0 Å². The van der Waals surface area contributed by atoms with Crippen molar-refractivity contribution < 1.29 is 24.2 Å². The maximum Gasteiger partial charge on any atom is 0.334 e. The Morgan fingerprint density at radius 3 is 2.24 bits per heavy atom. The van der Waals surface area contributed by atoms with Gasteiger partial charge >= 0.3 is 5.97 Å². The molecule has 10 nitrogen and oxygen atoms in total. The molecule has 0 aliphatic heterocycles. The van der Waals surface area contributed by atoms with Crippen molar-refractivity contribution in [2.45, 2.75) is 37.5 Å². The number of carbonyl (C=O) groups is 3. The molecule has 0 aliphatic carbocycles. The molecule has 2 amide bonds. The predicted molar refractivity (Wildman–Crippen MR) is 145 cm³/mol. The van der Waals surface area contributed by atoms with Crippen molar-refractivity contribution >= 4 is 64.3 Å². The molecule has 1 unspecified atom stereocenters. The number of nitroso groups, excluding NO2 is 1. The summed E-state index contributed by atoms with van der Waals surface area (Å²) in [5.74, 6) is -2.52. The fraction of sp³-hybridized carbons (Fsp3) is 0.375. The molecular weight excluding hydrogens is 543 g/mol. The Labute approximate surface area is 228 Å². The highest BCUT2D eigenvalue weighted by Crippen LogP contribution is 2.37. The van der Waals surface area contributed by atoms with E-state index in [1.165, 1.54) is 0 Å². The summed E-state index contributed by atoms with van der Waals surface area (Å²) in [6, 6.07) is 11.5. The van der Waals surface area contributed by atoms with Crippen LogP contribution in [0.2, 0.25) is 10.0 Å². The number of benzene rings is 2. The number of carbonyl (C=O) groups excluding carboxylic acids is 2. The molecule has 0 spiro atoms. The van der Waals surface area contributed by atoms with E-state index in [1.54, 1.807) is 63.2 Å². The first-order chi connectivity index (χ1) is 17.5. The lowest BCUT2D eigenvalue weighted by atomic mass is 9.85. The normalized spacial score (nSPS) is 12.8. The van der Waals surface area contributed by atoms with E-state index >= 15 is 0 Å². The standard InChI is InChI=1S/C24H28Cl2N4O6S/c1-4-24(22(33)34,29-20(32)13-36-12-19(31)27-14-23(2,3)37-30-35)15-8-5-6-11-18(15)28-21-16(25)9-7-10-17(21)26/h5-11,28H,4,12-14H2,1-3H3,(H,27,31)(H,29,32)(H,33,34). The zero-order chi connectivity index (χ0) is 27.6. The Bertz CT molecular complexity index is 1130. The number of nitrogens with zero attached hydrogens (tertiary/aromatic N) is 1. The second-order valence-corrected chi connectivity index (χ2v) is 10.8. The number of rotatable bonds is 14. The number of anilines is 2. The zero-order valence-electron chi connectivity index (χ0n) is 20.5. The molecule has 1 atom stereocenters. The van der Waals surface area contributed by atoms with Crippen molar-refractivity contribution in [3.63, 3.8) is 0 Å². The van der Waals surface area contributed by atoms with E-state index in [0.29, 0.717) is 21.4 Å². The van der Waals surface area contributed by atoms with Gasteiger partial charge < -0.3 is 25.8 Å². The lowest BCUT2D eigenvalue weighted by molar-refractivity contribution is -0.149. The Hall–Kier alpha value is -2.86. The van der Waals surface area contributed by atoms with E-state index < -0.39 is 41.3 Å². The van der Waals surface area contributed by atoms with Crippen LogP contribution in [-0.2, 0) is 24.7 Å². The van der Waals surface area contributed by atoms with Crippen LogP contribution in [0.4, 0.5) is 11.4 Å². The third-order valence-corrected chi connectivity index (χ3v) is 6.66. The molecule has 2 aromatic rings. The average molecular weight is 571 g/mol. The van der Waals surface area contributed by atoms with Crippen LogP contribution in [0.25, 0.3) is 0 Å². The van der Waals surface area contributed by atoms with Gasteiger partial charge in [0, 0.05) is 34.3 Å². The molecule has 0 aliphatic rings. The van der Waals surface area contributed by atoms with E-state index in [-0.39, 0.29) is 18.5 Å². The minimum atomic E-state index is -1.82. The van der Waals surface area contributed by atoms with Gasteiger partial charge in [0.1, 0.15) is 13.2 Å². The summed E-state index contributed by atoms with van der Waals surface area (Å²) >= 11 is 13.3. The van der Waals surface area contributed by atoms with Gasteiger partial charge in [-0.05, 0) is 38.5 Å². The number of aliphatic carboxylic acids is 1. The van der Waals surface area contributed by atoms with Crippen LogP contribution in [0, 0.1) is 4.91 Å². The molecule has 37 heavy (non-hydrogen) atoms. The summed E-state index contributed by atoms with van der Waals surface area (Å²) in [4.78, 5) is 47.7.